The maximum atomic E-state index is 10.7. The van der Waals surface area contributed by atoms with Gasteiger partial charge in [0, 0.05) is 24.8 Å². The fourth-order valence-corrected chi connectivity index (χ4v) is 1.83. The van der Waals surface area contributed by atoms with Gasteiger partial charge in [-0.3, -0.25) is 10.1 Å². The summed E-state index contributed by atoms with van der Waals surface area (Å²) in [6.45, 7) is 1.70. The van der Waals surface area contributed by atoms with Gasteiger partial charge in [0.2, 0.25) is 5.82 Å². The van der Waals surface area contributed by atoms with Gasteiger partial charge in [-0.05, 0) is 25.5 Å². The number of anilines is 1. The monoisotopic (exact) mass is 222 g/mol. The van der Waals surface area contributed by atoms with E-state index in [-0.39, 0.29) is 5.69 Å². The molecule has 2 rings (SSSR count). The summed E-state index contributed by atoms with van der Waals surface area (Å²) in [7, 11) is 0. The van der Waals surface area contributed by atoms with Crippen molar-refractivity contribution in [2.75, 3.05) is 18.4 Å². The molecule has 0 bridgehead atoms. The lowest BCUT2D eigenvalue weighted by atomic mass is 10.2. The Morgan fingerprint density at radius 2 is 2.56 bits per heavy atom. The van der Waals surface area contributed by atoms with Crippen molar-refractivity contribution in [2.45, 2.75) is 18.9 Å². The average molecular weight is 222 g/mol. The molecular formula is C10H14N4O2. The van der Waals surface area contributed by atoms with Gasteiger partial charge in [0.05, 0.1) is 4.92 Å². The second-order valence-corrected chi connectivity index (χ2v) is 3.80. The molecule has 6 heteroatoms. The summed E-state index contributed by atoms with van der Waals surface area (Å²) in [4.78, 5) is 14.3. The van der Waals surface area contributed by atoms with Gasteiger partial charge in [-0.25, -0.2) is 4.98 Å². The molecule has 1 unspecified atom stereocenters. The molecule has 1 fully saturated rings. The van der Waals surface area contributed by atoms with Gasteiger partial charge in [0.25, 0.3) is 0 Å². The maximum Gasteiger partial charge on any atom is 0.311 e. The second-order valence-electron chi connectivity index (χ2n) is 3.80. The minimum atomic E-state index is -0.419. The highest BCUT2D eigenvalue weighted by molar-refractivity contribution is 5.55. The van der Waals surface area contributed by atoms with Crippen molar-refractivity contribution in [3.8, 4) is 0 Å². The molecule has 2 N–H and O–H groups in total. The highest BCUT2D eigenvalue weighted by Crippen LogP contribution is 2.20. The molecule has 0 spiro atoms. The summed E-state index contributed by atoms with van der Waals surface area (Å²) in [6.07, 6.45) is 3.82. The van der Waals surface area contributed by atoms with E-state index >= 15 is 0 Å². The molecule has 0 saturated carbocycles. The van der Waals surface area contributed by atoms with Crippen molar-refractivity contribution < 1.29 is 4.92 Å². The first-order chi connectivity index (χ1) is 7.77. The Balaban J connectivity index is 2.00. The normalized spacial score (nSPS) is 19.6. The van der Waals surface area contributed by atoms with Gasteiger partial charge in [-0.15, -0.1) is 0 Å². The van der Waals surface area contributed by atoms with Crippen LogP contribution in [-0.2, 0) is 0 Å². The van der Waals surface area contributed by atoms with E-state index in [0.29, 0.717) is 18.4 Å². The minimum Gasteiger partial charge on any atom is -0.363 e. The molecule has 0 amide bonds. The smallest absolute Gasteiger partial charge is 0.311 e. The third-order valence-corrected chi connectivity index (χ3v) is 2.66. The fourth-order valence-electron chi connectivity index (χ4n) is 1.83. The van der Waals surface area contributed by atoms with Crippen LogP contribution in [-0.4, -0.2) is 29.0 Å². The highest BCUT2D eigenvalue weighted by atomic mass is 16.6. The molecule has 1 saturated heterocycles. The van der Waals surface area contributed by atoms with Gasteiger partial charge in [0.1, 0.15) is 0 Å². The second kappa shape index (κ2) is 4.89. The van der Waals surface area contributed by atoms with E-state index in [9.17, 15) is 10.1 Å². The summed E-state index contributed by atoms with van der Waals surface area (Å²) in [6, 6.07) is 3.41. The lowest BCUT2D eigenvalue weighted by molar-refractivity contribution is -0.384. The van der Waals surface area contributed by atoms with Crippen LogP contribution in [0.5, 0.6) is 0 Å². The van der Waals surface area contributed by atoms with Gasteiger partial charge < -0.3 is 10.6 Å². The van der Waals surface area contributed by atoms with E-state index in [1.807, 2.05) is 0 Å². The quantitative estimate of drug-likeness (QED) is 0.590. The van der Waals surface area contributed by atoms with Gasteiger partial charge in [0.15, 0.2) is 0 Å². The van der Waals surface area contributed by atoms with Crippen LogP contribution < -0.4 is 10.6 Å². The zero-order valence-electron chi connectivity index (χ0n) is 8.85. The molecule has 1 aromatic rings. The molecule has 1 aromatic heterocycles. The molecule has 16 heavy (non-hydrogen) atoms. The first kappa shape index (κ1) is 10.8. The predicted molar refractivity (Wildman–Crippen MR) is 60.4 cm³/mol. The SMILES string of the molecule is O=[N+]([O-])c1cccnc1NCC1CCCN1. The average Bonchev–Trinajstić information content (AvgIpc) is 2.79. The molecule has 0 aromatic carbocycles. The molecular weight excluding hydrogens is 208 g/mol. The van der Waals surface area contributed by atoms with Gasteiger partial charge >= 0.3 is 5.69 Å². The summed E-state index contributed by atoms with van der Waals surface area (Å²) in [5, 5.41) is 17.1. The van der Waals surface area contributed by atoms with Crippen molar-refractivity contribution >= 4 is 11.5 Å². The van der Waals surface area contributed by atoms with Crippen LogP contribution in [0.2, 0.25) is 0 Å². The van der Waals surface area contributed by atoms with Crippen molar-refractivity contribution in [2.24, 2.45) is 0 Å². The van der Waals surface area contributed by atoms with E-state index in [1.165, 1.54) is 6.07 Å². The Morgan fingerprint density at radius 1 is 1.69 bits per heavy atom. The summed E-state index contributed by atoms with van der Waals surface area (Å²) >= 11 is 0. The first-order valence-electron chi connectivity index (χ1n) is 5.34. The van der Waals surface area contributed by atoms with E-state index in [2.05, 4.69) is 15.6 Å². The van der Waals surface area contributed by atoms with Crippen molar-refractivity contribution in [3.63, 3.8) is 0 Å². The van der Waals surface area contributed by atoms with Crippen LogP contribution in [0.4, 0.5) is 11.5 Å². The van der Waals surface area contributed by atoms with Gasteiger partial charge in [-0.2, -0.15) is 0 Å². The Kier molecular flexibility index (Phi) is 3.31. The molecule has 1 atom stereocenters. The maximum absolute atomic E-state index is 10.7. The number of nitrogens with zero attached hydrogens (tertiary/aromatic N) is 2. The molecule has 1 aliphatic rings. The Morgan fingerprint density at radius 3 is 3.25 bits per heavy atom. The first-order valence-corrected chi connectivity index (χ1v) is 5.34. The zero-order valence-corrected chi connectivity index (χ0v) is 8.85. The van der Waals surface area contributed by atoms with E-state index in [0.717, 1.165) is 19.4 Å². The summed E-state index contributed by atoms with van der Waals surface area (Å²) in [5.74, 6) is 0.348. The number of aromatic nitrogens is 1. The van der Waals surface area contributed by atoms with E-state index in [4.69, 9.17) is 0 Å². The fraction of sp³-hybridized carbons (Fsp3) is 0.500. The molecule has 0 radical (unpaired) electrons. The molecule has 0 aliphatic carbocycles. The lowest BCUT2D eigenvalue weighted by Gasteiger charge is -2.11. The van der Waals surface area contributed by atoms with Crippen LogP contribution in [0.1, 0.15) is 12.8 Å². The Bertz CT molecular complexity index is 377. The topological polar surface area (TPSA) is 80.1 Å². The standard InChI is InChI=1S/C10H14N4O2/c15-14(16)9-4-2-6-12-10(9)13-7-8-3-1-5-11-8/h2,4,6,8,11H,1,3,5,7H2,(H,12,13). The van der Waals surface area contributed by atoms with Crippen molar-refractivity contribution in [1.82, 2.24) is 10.3 Å². The Labute approximate surface area is 93.2 Å². The molecule has 2 heterocycles. The third kappa shape index (κ3) is 2.46. The lowest BCUT2D eigenvalue weighted by Crippen LogP contribution is -2.29. The largest absolute Gasteiger partial charge is 0.363 e. The minimum absolute atomic E-state index is 0.0282. The number of hydrogen-bond donors (Lipinski definition) is 2. The summed E-state index contributed by atoms with van der Waals surface area (Å²) in [5.41, 5.74) is 0.0282. The van der Waals surface area contributed by atoms with E-state index < -0.39 is 4.92 Å². The highest BCUT2D eigenvalue weighted by Gasteiger charge is 2.17. The van der Waals surface area contributed by atoms with Crippen LogP contribution in [0.3, 0.4) is 0 Å². The number of nitro groups is 1. The van der Waals surface area contributed by atoms with Gasteiger partial charge in [-0.1, -0.05) is 0 Å². The van der Waals surface area contributed by atoms with Crippen LogP contribution in [0, 0.1) is 10.1 Å². The third-order valence-electron chi connectivity index (χ3n) is 2.66. The Hall–Kier alpha value is -1.69. The van der Waals surface area contributed by atoms with Crippen LogP contribution >= 0.6 is 0 Å². The summed E-state index contributed by atoms with van der Waals surface area (Å²) < 4.78 is 0. The predicted octanol–water partition coefficient (Wildman–Crippen LogP) is 1.15. The number of rotatable bonds is 4. The van der Waals surface area contributed by atoms with Crippen LogP contribution in [0.15, 0.2) is 18.3 Å². The molecule has 86 valence electrons. The van der Waals surface area contributed by atoms with Crippen molar-refractivity contribution in [1.29, 1.82) is 0 Å². The molecule has 6 nitrogen and oxygen atoms in total. The van der Waals surface area contributed by atoms with E-state index in [1.54, 1.807) is 12.3 Å². The molecule has 1 aliphatic heterocycles. The van der Waals surface area contributed by atoms with Crippen molar-refractivity contribution in [3.05, 3.63) is 28.4 Å². The zero-order chi connectivity index (χ0) is 11.4. The number of pyridine rings is 1. The number of hydrogen-bond acceptors (Lipinski definition) is 5. The number of nitrogens with one attached hydrogen (secondary N) is 2. The van der Waals surface area contributed by atoms with Crippen LogP contribution in [0.25, 0.3) is 0 Å².